The molecule has 2 rings (SSSR count). The smallest absolute Gasteiger partial charge is 0.131 e. The average molecular weight is 217 g/mol. The van der Waals surface area contributed by atoms with Crippen LogP contribution in [0.25, 0.3) is 10.9 Å². The Balaban J connectivity index is 0.000000606. The van der Waals surface area contributed by atoms with Crippen molar-refractivity contribution >= 4 is 16.7 Å². The molecule has 1 heterocycles. The van der Waals surface area contributed by atoms with Gasteiger partial charge < -0.3 is 4.57 Å². The van der Waals surface area contributed by atoms with Gasteiger partial charge in [-0.2, -0.15) is 0 Å². The van der Waals surface area contributed by atoms with Crippen LogP contribution in [0.15, 0.2) is 36.5 Å². The monoisotopic (exact) mass is 217 g/mol. The van der Waals surface area contributed by atoms with E-state index in [2.05, 4.69) is 22.8 Å². The molecule has 16 heavy (non-hydrogen) atoms. The van der Waals surface area contributed by atoms with Gasteiger partial charge in [-0.3, -0.25) is 4.79 Å². The fourth-order valence-corrected chi connectivity index (χ4v) is 1.61. The van der Waals surface area contributed by atoms with E-state index >= 15 is 0 Å². The number of hydrogen-bond acceptors (Lipinski definition) is 1. The molecule has 0 aliphatic heterocycles. The van der Waals surface area contributed by atoms with Crippen LogP contribution >= 0.6 is 0 Å². The molecule has 0 fully saturated rings. The molecule has 0 N–H and O–H groups in total. The number of Topliss-reactive ketones (excluding diaryl/α,β-unsaturated/α-hetero) is 1. The summed E-state index contributed by atoms with van der Waals surface area (Å²) in [4.78, 5) is 10.9. The van der Waals surface area contributed by atoms with Gasteiger partial charge in [-0.25, -0.2) is 0 Å². The first kappa shape index (κ1) is 12.5. The molecule has 2 aromatic rings. The zero-order valence-corrected chi connectivity index (χ0v) is 10.2. The molecule has 86 valence electrons. The molecule has 0 saturated carbocycles. The number of hydrogen-bond donors (Lipinski definition) is 0. The van der Waals surface area contributed by atoms with Crippen LogP contribution in [-0.2, 0) is 11.3 Å². The Morgan fingerprint density at radius 1 is 1.19 bits per heavy atom. The van der Waals surface area contributed by atoms with Gasteiger partial charge in [0.25, 0.3) is 0 Å². The van der Waals surface area contributed by atoms with E-state index in [-0.39, 0.29) is 5.78 Å². The number of aryl methyl sites for hydroxylation is 1. The van der Waals surface area contributed by atoms with Crippen molar-refractivity contribution in [1.29, 1.82) is 0 Å². The second-order valence-corrected chi connectivity index (χ2v) is 3.52. The minimum absolute atomic E-state index is 0.239. The molecule has 2 nitrogen and oxygen atoms in total. The molecule has 1 aromatic heterocycles. The van der Waals surface area contributed by atoms with E-state index in [4.69, 9.17) is 0 Å². The lowest BCUT2D eigenvalue weighted by molar-refractivity contribution is -0.117. The number of rotatable bonds is 3. The van der Waals surface area contributed by atoms with Crippen LogP contribution in [0.4, 0.5) is 0 Å². The highest BCUT2D eigenvalue weighted by molar-refractivity contribution is 5.80. The Kier molecular flexibility index (Phi) is 4.77. The Bertz CT molecular complexity index is 456. The minimum Gasteiger partial charge on any atom is -0.347 e. The predicted molar refractivity (Wildman–Crippen MR) is 68.6 cm³/mol. The van der Waals surface area contributed by atoms with E-state index in [1.54, 1.807) is 6.92 Å². The van der Waals surface area contributed by atoms with Gasteiger partial charge in [0.15, 0.2) is 0 Å². The van der Waals surface area contributed by atoms with Crippen molar-refractivity contribution in [2.75, 3.05) is 0 Å². The summed E-state index contributed by atoms with van der Waals surface area (Å²) in [5.74, 6) is 0.239. The van der Waals surface area contributed by atoms with E-state index in [9.17, 15) is 4.79 Å². The van der Waals surface area contributed by atoms with Crippen LogP contribution in [0.2, 0.25) is 0 Å². The van der Waals surface area contributed by atoms with Crippen molar-refractivity contribution in [3.05, 3.63) is 36.5 Å². The highest BCUT2D eigenvalue weighted by atomic mass is 16.1. The number of para-hydroxylation sites is 1. The Morgan fingerprint density at radius 2 is 1.88 bits per heavy atom. The zero-order chi connectivity index (χ0) is 12.0. The average Bonchev–Trinajstić information content (AvgIpc) is 2.72. The summed E-state index contributed by atoms with van der Waals surface area (Å²) in [6, 6.07) is 10.3. The summed E-state index contributed by atoms with van der Waals surface area (Å²) in [6.45, 7) is 6.41. The first-order valence-corrected chi connectivity index (χ1v) is 5.81. The van der Waals surface area contributed by atoms with Crippen LogP contribution in [0.3, 0.4) is 0 Å². The molecule has 0 aliphatic carbocycles. The molecule has 0 bridgehead atoms. The quantitative estimate of drug-likeness (QED) is 0.769. The molecule has 0 unspecified atom stereocenters. The van der Waals surface area contributed by atoms with E-state index in [1.165, 1.54) is 10.9 Å². The van der Waals surface area contributed by atoms with Gasteiger partial charge >= 0.3 is 0 Å². The standard InChI is InChI=1S/C12H13NO.C2H6/c1-10(14)6-8-13-9-7-11-4-2-3-5-12(11)13;1-2/h2-5,7,9H,6,8H2,1H3;1-2H3. The Labute approximate surface area is 96.9 Å². The molecule has 0 amide bonds. The molecule has 0 aliphatic rings. The van der Waals surface area contributed by atoms with Gasteiger partial charge in [0.1, 0.15) is 5.78 Å². The third-order valence-corrected chi connectivity index (χ3v) is 2.38. The summed E-state index contributed by atoms with van der Waals surface area (Å²) in [6.07, 6.45) is 2.65. The van der Waals surface area contributed by atoms with Crippen molar-refractivity contribution in [2.24, 2.45) is 0 Å². The van der Waals surface area contributed by atoms with Gasteiger partial charge in [-0.15, -0.1) is 0 Å². The van der Waals surface area contributed by atoms with E-state index in [0.717, 1.165) is 6.54 Å². The second kappa shape index (κ2) is 6.11. The topological polar surface area (TPSA) is 22.0 Å². The first-order chi connectivity index (χ1) is 7.77. The van der Waals surface area contributed by atoms with Crippen molar-refractivity contribution < 1.29 is 4.79 Å². The fraction of sp³-hybridized carbons (Fsp3) is 0.357. The molecule has 0 spiro atoms. The van der Waals surface area contributed by atoms with Crippen molar-refractivity contribution in [2.45, 2.75) is 33.7 Å². The van der Waals surface area contributed by atoms with E-state index in [0.29, 0.717) is 6.42 Å². The molecule has 0 saturated heterocycles. The number of benzene rings is 1. The van der Waals surface area contributed by atoms with Crippen molar-refractivity contribution in [3.8, 4) is 0 Å². The molecular formula is C14H19NO. The maximum absolute atomic E-state index is 10.9. The lowest BCUT2D eigenvalue weighted by atomic mass is 10.2. The highest BCUT2D eigenvalue weighted by Crippen LogP contribution is 2.15. The zero-order valence-electron chi connectivity index (χ0n) is 10.2. The number of nitrogens with zero attached hydrogens (tertiary/aromatic N) is 1. The summed E-state index contributed by atoms with van der Waals surface area (Å²) in [5.41, 5.74) is 1.20. The van der Waals surface area contributed by atoms with Gasteiger partial charge in [-0.1, -0.05) is 32.0 Å². The molecule has 1 aromatic carbocycles. The van der Waals surface area contributed by atoms with Crippen LogP contribution in [0, 0.1) is 0 Å². The lowest BCUT2D eigenvalue weighted by Gasteiger charge is -2.02. The van der Waals surface area contributed by atoms with Crippen molar-refractivity contribution in [3.63, 3.8) is 0 Å². The first-order valence-electron chi connectivity index (χ1n) is 5.81. The van der Waals surface area contributed by atoms with E-state index in [1.807, 2.05) is 32.2 Å². The van der Waals surface area contributed by atoms with Crippen LogP contribution < -0.4 is 0 Å². The molecule has 0 radical (unpaired) electrons. The third-order valence-electron chi connectivity index (χ3n) is 2.38. The lowest BCUT2D eigenvalue weighted by Crippen LogP contribution is -2.00. The normalized spacial score (nSPS) is 9.69. The minimum atomic E-state index is 0.239. The summed E-state index contributed by atoms with van der Waals surface area (Å²) >= 11 is 0. The summed E-state index contributed by atoms with van der Waals surface area (Å²) in [5, 5.41) is 1.23. The van der Waals surface area contributed by atoms with Crippen LogP contribution in [0.1, 0.15) is 27.2 Å². The number of aromatic nitrogens is 1. The third kappa shape index (κ3) is 2.96. The Hall–Kier alpha value is -1.57. The number of fused-ring (bicyclic) bond motifs is 1. The predicted octanol–water partition coefficient (Wildman–Crippen LogP) is 3.65. The van der Waals surface area contributed by atoms with Gasteiger partial charge in [0.2, 0.25) is 0 Å². The van der Waals surface area contributed by atoms with Gasteiger partial charge in [-0.05, 0) is 24.4 Å². The number of carbonyl (C=O) groups excluding carboxylic acids is 1. The van der Waals surface area contributed by atoms with Crippen LogP contribution in [-0.4, -0.2) is 10.4 Å². The molecular weight excluding hydrogens is 198 g/mol. The molecule has 2 heteroatoms. The summed E-state index contributed by atoms with van der Waals surface area (Å²) < 4.78 is 2.12. The second-order valence-electron chi connectivity index (χ2n) is 3.52. The van der Waals surface area contributed by atoms with E-state index < -0.39 is 0 Å². The van der Waals surface area contributed by atoms with Gasteiger partial charge in [0, 0.05) is 24.7 Å². The highest BCUT2D eigenvalue weighted by Gasteiger charge is 2.00. The summed E-state index contributed by atoms with van der Waals surface area (Å²) in [7, 11) is 0. The van der Waals surface area contributed by atoms with Gasteiger partial charge in [0.05, 0.1) is 0 Å². The fourth-order valence-electron chi connectivity index (χ4n) is 1.61. The Morgan fingerprint density at radius 3 is 2.56 bits per heavy atom. The SMILES string of the molecule is CC.CC(=O)CCn1ccc2ccccc21. The number of ketones is 1. The van der Waals surface area contributed by atoms with Crippen molar-refractivity contribution in [1.82, 2.24) is 4.57 Å². The maximum Gasteiger partial charge on any atom is 0.131 e. The maximum atomic E-state index is 10.9. The molecule has 0 atom stereocenters. The largest absolute Gasteiger partial charge is 0.347 e. The number of carbonyl (C=O) groups is 1. The van der Waals surface area contributed by atoms with Crippen LogP contribution in [0.5, 0.6) is 0 Å².